The van der Waals surface area contributed by atoms with E-state index in [9.17, 15) is 13.6 Å². The lowest BCUT2D eigenvalue weighted by molar-refractivity contribution is 0.00662. The molecule has 0 aliphatic rings. The van der Waals surface area contributed by atoms with Crippen molar-refractivity contribution in [2.75, 3.05) is 19.0 Å². The van der Waals surface area contributed by atoms with Crippen LogP contribution in [-0.2, 0) is 10.7 Å². The van der Waals surface area contributed by atoms with Crippen LogP contribution in [0, 0.1) is 0 Å². The average molecular weight is 302 g/mol. The predicted molar refractivity (Wildman–Crippen MR) is 75.8 cm³/mol. The summed E-state index contributed by atoms with van der Waals surface area (Å²) in [4.78, 5) is 11.7. The molecule has 5 nitrogen and oxygen atoms in total. The van der Waals surface area contributed by atoms with Gasteiger partial charge in [-0.2, -0.15) is 8.78 Å². The maximum atomic E-state index is 13.8. The number of halogens is 2. The van der Waals surface area contributed by atoms with E-state index < -0.39 is 29.7 Å². The highest BCUT2D eigenvalue weighted by atomic mass is 19.3. The molecule has 0 radical (unpaired) electrons. The van der Waals surface area contributed by atoms with Gasteiger partial charge >= 0.3 is 6.09 Å². The van der Waals surface area contributed by atoms with E-state index >= 15 is 0 Å². The first-order chi connectivity index (χ1) is 9.59. The van der Waals surface area contributed by atoms with E-state index in [1.807, 2.05) is 0 Å². The van der Waals surface area contributed by atoms with Gasteiger partial charge in [0.05, 0.1) is 19.3 Å². The summed E-state index contributed by atoms with van der Waals surface area (Å²) in [6.07, 6.45) is -0.829. The third-order valence-corrected chi connectivity index (χ3v) is 2.51. The van der Waals surface area contributed by atoms with Gasteiger partial charge < -0.3 is 15.2 Å². The number of carbonyl (C=O) groups is 1. The van der Waals surface area contributed by atoms with Crippen LogP contribution in [0.2, 0.25) is 0 Å². The van der Waals surface area contributed by atoms with E-state index in [-0.39, 0.29) is 5.69 Å². The van der Waals surface area contributed by atoms with Gasteiger partial charge in [0.15, 0.2) is 0 Å². The van der Waals surface area contributed by atoms with E-state index in [1.54, 1.807) is 20.8 Å². The Balaban J connectivity index is 3.11. The zero-order chi connectivity index (χ0) is 16.3. The largest absolute Gasteiger partial charge is 0.497 e. The Morgan fingerprint density at radius 1 is 1.33 bits per heavy atom. The van der Waals surface area contributed by atoms with Crippen molar-refractivity contribution in [3.8, 4) is 5.75 Å². The molecule has 0 bridgehead atoms. The number of amides is 1. The second kappa shape index (κ2) is 6.26. The molecule has 0 fully saturated rings. The molecule has 3 N–H and O–H groups in total. The molecule has 118 valence electrons. The molecular formula is C14H20F2N2O3. The first-order valence-electron chi connectivity index (χ1n) is 6.35. The molecule has 0 atom stereocenters. The normalized spacial score (nSPS) is 12.0. The summed E-state index contributed by atoms with van der Waals surface area (Å²) >= 11 is 0. The molecule has 1 aromatic rings. The molecular weight excluding hydrogens is 282 g/mol. The van der Waals surface area contributed by atoms with Crippen LogP contribution in [0.15, 0.2) is 18.2 Å². The van der Waals surface area contributed by atoms with Crippen LogP contribution >= 0.6 is 0 Å². The highest BCUT2D eigenvalue weighted by molar-refractivity contribution is 5.86. The summed E-state index contributed by atoms with van der Waals surface area (Å²) in [6, 6.07) is 3.83. The molecule has 1 rings (SSSR count). The molecule has 0 spiro atoms. The smallest absolute Gasteiger partial charge is 0.412 e. The van der Waals surface area contributed by atoms with E-state index in [2.05, 4.69) is 5.32 Å². The number of rotatable bonds is 4. The maximum absolute atomic E-state index is 13.8. The monoisotopic (exact) mass is 302 g/mol. The minimum atomic E-state index is -3.27. The van der Waals surface area contributed by atoms with Crippen molar-refractivity contribution in [1.82, 2.24) is 0 Å². The van der Waals surface area contributed by atoms with Crippen molar-refractivity contribution >= 4 is 11.8 Å². The summed E-state index contributed by atoms with van der Waals surface area (Å²) in [5.74, 6) is -2.94. The lowest BCUT2D eigenvalue weighted by Gasteiger charge is -2.22. The topological polar surface area (TPSA) is 73.6 Å². The standard InChI is InChI=1S/C14H20F2N2O3/c1-13(2,3)21-12(19)18-11-7-9(20-4)5-6-10(11)14(15,16)8-17/h5-7H,8,17H2,1-4H3,(H,18,19). The van der Waals surface area contributed by atoms with Crippen molar-refractivity contribution in [3.63, 3.8) is 0 Å². The van der Waals surface area contributed by atoms with Crippen LogP contribution in [-0.4, -0.2) is 25.3 Å². The van der Waals surface area contributed by atoms with Crippen molar-refractivity contribution in [2.45, 2.75) is 32.3 Å². The number of benzene rings is 1. The van der Waals surface area contributed by atoms with Gasteiger partial charge in [0.2, 0.25) is 0 Å². The molecule has 7 heteroatoms. The molecule has 1 aromatic carbocycles. The number of carbonyl (C=O) groups excluding carboxylic acids is 1. The third kappa shape index (κ3) is 4.86. The second-order valence-corrected chi connectivity index (χ2v) is 5.45. The summed E-state index contributed by atoms with van der Waals surface area (Å²) in [7, 11) is 1.40. The van der Waals surface area contributed by atoms with E-state index in [0.29, 0.717) is 5.75 Å². The summed E-state index contributed by atoms with van der Waals surface area (Å²) < 4.78 is 37.6. The highest BCUT2D eigenvalue weighted by Gasteiger charge is 2.33. The van der Waals surface area contributed by atoms with E-state index in [1.165, 1.54) is 25.3 Å². The summed E-state index contributed by atoms with van der Waals surface area (Å²) in [5, 5.41) is 2.31. The Bertz CT molecular complexity index is 513. The van der Waals surface area contributed by atoms with Crippen LogP contribution < -0.4 is 15.8 Å². The van der Waals surface area contributed by atoms with Gasteiger partial charge in [-0.25, -0.2) is 4.79 Å². The number of hydrogen-bond donors (Lipinski definition) is 2. The minimum Gasteiger partial charge on any atom is -0.497 e. The molecule has 0 unspecified atom stereocenters. The molecule has 0 aliphatic carbocycles. The first kappa shape index (κ1) is 17.2. The quantitative estimate of drug-likeness (QED) is 0.896. The van der Waals surface area contributed by atoms with Gasteiger partial charge in [0.1, 0.15) is 11.4 Å². The Kier molecular flexibility index (Phi) is 5.11. The van der Waals surface area contributed by atoms with Gasteiger partial charge in [0.25, 0.3) is 5.92 Å². The summed E-state index contributed by atoms with van der Waals surface area (Å²) in [5.41, 5.74) is 3.86. The van der Waals surface area contributed by atoms with Crippen LogP contribution in [0.3, 0.4) is 0 Å². The van der Waals surface area contributed by atoms with Gasteiger partial charge in [-0.05, 0) is 32.9 Å². The third-order valence-electron chi connectivity index (χ3n) is 2.51. The fourth-order valence-electron chi connectivity index (χ4n) is 1.60. The van der Waals surface area contributed by atoms with Gasteiger partial charge in [-0.3, -0.25) is 5.32 Å². The van der Waals surface area contributed by atoms with Gasteiger partial charge in [0, 0.05) is 11.6 Å². The SMILES string of the molecule is COc1ccc(C(F)(F)CN)c(NC(=O)OC(C)(C)C)c1. The lowest BCUT2D eigenvalue weighted by Crippen LogP contribution is -2.30. The maximum Gasteiger partial charge on any atom is 0.412 e. The van der Waals surface area contributed by atoms with Crippen molar-refractivity contribution in [1.29, 1.82) is 0 Å². The summed E-state index contributed by atoms with van der Waals surface area (Å²) in [6.45, 7) is 4.15. The van der Waals surface area contributed by atoms with Crippen LogP contribution in [0.4, 0.5) is 19.3 Å². The Morgan fingerprint density at radius 2 is 1.95 bits per heavy atom. The molecule has 0 aromatic heterocycles. The molecule has 0 aliphatic heterocycles. The Hall–Kier alpha value is -1.89. The van der Waals surface area contributed by atoms with Crippen LogP contribution in [0.25, 0.3) is 0 Å². The molecule has 0 saturated heterocycles. The number of nitrogens with one attached hydrogen (secondary N) is 1. The molecule has 0 heterocycles. The fourth-order valence-corrected chi connectivity index (χ4v) is 1.60. The first-order valence-corrected chi connectivity index (χ1v) is 6.35. The number of nitrogens with two attached hydrogens (primary N) is 1. The van der Waals surface area contributed by atoms with Crippen LogP contribution in [0.1, 0.15) is 26.3 Å². The van der Waals surface area contributed by atoms with Gasteiger partial charge in [-0.15, -0.1) is 0 Å². The highest BCUT2D eigenvalue weighted by Crippen LogP contribution is 2.35. The molecule has 1 amide bonds. The predicted octanol–water partition coefficient (Wildman–Crippen LogP) is 3.09. The van der Waals surface area contributed by atoms with Crippen molar-refractivity contribution < 1.29 is 23.0 Å². The van der Waals surface area contributed by atoms with Crippen molar-refractivity contribution in [2.24, 2.45) is 5.73 Å². The zero-order valence-corrected chi connectivity index (χ0v) is 12.5. The molecule has 21 heavy (non-hydrogen) atoms. The zero-order valence-electron chi connectivity index (χ0n) is 12.5. The average Bonchev–Trinajstić information content (AvgIpc) is 2.36. The number of methoxy groups -OCH3 is 1. The number of hydrogen-bond acceptors (Lipinski definition) is 4. The van der Waals surface area contributed by atoms with E-state index in [4.69, 9.17) is 15.2 Å². The second-order valence-electron chi connectivity index (χ2n) is 5.45. The van der Waals surface area contributed by atoms with Gasteiger partial charge in [-0.1, -0.05) is 0 Å². The Labute approximate surface area is 122 Å². The minimum absolute atomic E-state index is 0.0981. The fraction of sp³-hybridized carbons (Fsp3) is 0.500. The van der Waals surface area contributed by atoms with E-state index in [0.717, 1.165) is 0 Å². The van der Waals surface area contributed by atoms with Crippen LogP contribution in [0.5, 0.6) is 5.75 Å². The number of anilines is 1. The van der Waals surface area contributed by atoms with Crippen molar-refractivity contribution in [3.05, 3.63) is 23.8 Å². The number of alkyl halides is 2. The molecule has 0 saturated carbocycles. The lowest BCUT2D eigenvalue weighted by atomic mass is 10.1. The Morgan fingerprint density at radius 3 is 2.43 bits per heavy atom. The number of ether oxygens (including phenoxy) is 2.